The topological polar surface area (TPSA) is 72.6 Å². The molecule has 0 aromatic carbocycles. The zero-order chi connectivity index (χ0) is 19.1. The Labute approximate surface area is 167 Å². The Bertz CT molecular complexity index is 1080. The molecule has 3 aromatic rings. The molecular weight excluding hydrogens is 370 g/mol. The smallest absolute Gasteiger partial charge is 0.188 e. The first kappa shape index (κ1) is 17.2. The van der Waals surface area contributed by atoms with Gasteiger partial charge in [0.1, 0.15) is 18.0 Å². The third-order valence-corrected chi connectivity index (χ3v) is 6.03. The van der Waals surface area contributed by atoms with Crippen LogP contribution in [0, 0.1) is 6.92 Å². The number of imidazole rings is 1. The summed E-state index contributed by atoms with van der Waals surface area (Å²) in [5.74, 6) is 2.11. The number of dihydropyridines is 1. The zero-order valence-corrected chi connectivity index (χ0v) is 16.9. The zero-order valence-electron chi connectivity index (χ0n) is 16.1. The fourth-order valence-corrected chi connectivity index (χ4v) is 4.54. The first-order chi connectivity index (χ1) is 13.7. The summed E-state index contributed by atoms with van der Waals surface area (Å²) >= 11 is 1.63. The van der Waals surface area contributed by atoms with Crippen molar-refractivity contribution < 1.29 is 0 Å². The van der Waals surface area contributed by atoms with E-state index in [9.17, 15) is 0 Å². The molecule has 28 heavy (non-hydrogen) atoms. The molecule has 0 saturated carbocycles. The summed E-state index contributed by atoms with van der Waals surface area (Å²) in [6.07, 6.45) is 12.7. The van der Waals surface area contributed by atoms with Crippen molar-refractivity contribution in [3.05, 3.63) is 52.7 Å². The number of anilines is 2. The molecular formula is C20H23N7S. The van der Waals surface area contributed by atoms with Gasteiger partial charge in [0.2, 0.25) is 0 Å². The van der Waals surface area contributed by atoms with Crippen molar-refractivity contribution in [1.29, 1.82) is 0 Å². The van der Waals surface area contributed by atoms with E-state index >= 15 is 0 Å². The molecule has 0 radical (unpaired) electrons. The monoisotopic (exact) mass is 393 g/mol. The molecule has 0 saturated heterocycles. The van der Waals surface area contributed by atoms with E-state index in [1.54, 1.807) is 11.3 Å². The van der Waals surface area contributed by atoms with E-state index in [2.05, 4.69) is 38.2 Å². The van der Waals surface area contributed by atoms with Gasteiger partial charge in [-0.05, 0) is 44.3 Å². The summed E-state index contributed by atoms with van der Waals surface area (Å²) in [4.78, 5) is 9.09. The van der Waals surface area contributed by atoms with Crippen molar-refractivity contribution in [3.63, 3.8) is 0 Å². The van der Waals surface area contributed by atoms with Crippen LogP contribution in [0.3, 0.4) is 0 Å². The number of thiazole rings is 1. The van der Waals surface area contributed by atoms with Gasteiger partial charge in [-0.3, -0.25) is 9.25 Å². The number of aromatic nitrogens is 5. The number of hydrogen-bond donors (Lipinski definition) is 2. The molecule has 0 atom stereocenters. The molecule has 144 valence electrons. The van der Waals surface area contributed by atoms with Crippen molar-refractivity contribution in [2.45, 2.75) is 32.6 Å². The van der Waals surface area contributed by atoms with E-state index in [0.717, 1.165) is 47.5 Å². The van der Waals surface area contributed by atoms with Gasteiger partial charge in [0.05, 0.1) is 17.1 Å². The second kappa shape index (κ2) is 6.94. The standard InChI is InChI=1S/C20H23N7S/c1-13-10-27(12-22-13)18-8-7-14(9-21-18)17-11-28-20(23-17)24-19-15-5-3-4-6-16(15)25-26(19)2/h7-8,10-12,21H,3-6,9H2,1-2H3,(H,23,24). The van der Waals surface area contributed by atoms with Crippen molar-refractivity contribution in [3.8, 4) is 0 Å². The second-order valence-electron chi connectivity index (χ2n) is 7.29. The van der Waals surface area contributed by atoms with E-state index < -0.39 is 0 Å². The average Bonchev–Trinajstić information content (AvgIpc) is 3.42. The van der Waals surface area contributed by atoms with Crippen LogP contribution in [0.15, 0.2) is 30.1 Å². The van der Waals surface area contributed by atoms with Gasteiger partial charge in [-0.15, -0.1) is 11.3 Å². The minimum atomic E-state index is 0.743. The van der Waals surface area contributed by atoms with Crippen LogP contribution in [0.5, 0.6) is 0 Å². The molecule has 1 aliphatic heterocycles. The number of rotatable bonds is 4. The van der Waals surface area contributed by atoms with Gasteiger partial charge in [-0.1, -0.05) is 6.08 Å². The van der Waals surface area contributed by atoms with Gasteiger partial charge in [0.15, 0.2) is 5.13 Å². The number of nitrogens with one attached hydrogen (secondary N) is 2. The van der Waals surface area contributed by atoms with E-state index in [4.69, 9.17) is 4.98 Å². The number of allylic oxidation sites excluding steroid dienone is 2. The lowest BCUT2D eigenvalue weighted by Crippen LogP contribution is -2.21. The lowest BCUT2D eigenvalue weighted by atomic mass is 9.97. The van der Waals surface area contributed by atoms with Crippen molar-refractivity contribution in [1.82, 2.24) is 29.6 Å². The lowest BCUT2D eigenvalue weighted by Gasteiger charge is -2.16. The molecule has 8 heteroatoms. The minimum absolute atomic E-state index is 0.743. The van der Waals surface area contributed by atoms with E-state index in [1.807, 2.05) is 35.7 Å². The third-order valence-electron chi connectivity index (χ3n) is 5.27. The highest BCUT2D eigenvalue weighted by Gasteiger charge is 2.20. The van der Waals surface area contributed by atoms with Crippen molar-refractivity contribution in [2.24, 2.45) is 7.05 Å². The first-order valence-electron chi connectivity index (χ1n) is 9.61. The Kier molecular flexibility index (Phi) is 4.27. The van der Waals surface area contributed by atoms with Crippen LogP contribution in [0.25, 0.3) is 11.4 Å². The summed E-state index contributed by atoms with van der Waals surface area (Å²) in [5, 5.41) is 14.7. The summed E-state index contributed by atoms with van der Waals surface area (Å²) in [7, 11) is 2.01. The number of aryl methyl sites for hydroxylation is 3. The third kappa shape index (κ3) is 3.13. The Balaban J connectivity index is 1.35. The molecule has 0 unspecified atom stereocenters. The molecule has 7 nitrogen and oxygen atoms in total. The highest BCUT2D eigenvalue weighted by Crippen LogP contribution is 2.31. The van der Waals surface area contributed by atoms with Crippen LogP contribution in [-0.2, 0) is 19.9 Å². The molecule has 3 aromatic heterocycles. The van der Waals surface area contributed by atoms with Crippen molar-refractivity contribution in [2.75, 3.05) is 11.9 Å². The largest absolute Gasteiger partial charge is 0.367 e. The molecule has 1 aliphatic carbocycles. The van der Waals surface area contributed by atoms with Gasteiger partial charge in [-0.25, -0.2) is 9.97 Å². The molecule has 0 spiro atoms. The fraction of sp³-hybridized carbons (Fsp3) is 0.350. The van der Waals surface area contributed by atoms with E-state index in [-0.39, 0.29) is 0 Å². The Morgan fingerprint density at radius 2 is 2.11 bits per heavy atom. The van der Waals surface area contributed by atoms with Gasteiger partial charge < -0.3 is 10.6 Å². The maximum Gasteiger partial charge on any atom is 0.188 e. The maximum atomic E-state index is 4.81. The first-order valence-corrected chi connectivity index (χ1v) is 10.5. The Morgan fingerprint density at radius 1 is 1.21 bits per heavy atom. The van der Waals surface area contributed by atoms with Gasteiger partial charge in [0, 0.05) is 30.7 Å². The van der Waals surface area contributed by atoms with Crippen LogP contribution in [0.1, 0.15) is 35.5 Å². The fourth-order valence-electron chi connectivity index (χ4n) is 3.81. The quantitative estimate of drug-likeness (QED) is 0.710. The molecule has 2 aliphatic rings. The molecule has 4 heterocycles. The number of hydrogen-bond acceptors (Lipinski definition) is 6. The van der Waals surface area contributed by atoms with Crippen LogP contribution in [0.2, 0.25) is 0 Å². The normalized spacial score (nSPS) is 16.2. The highest BCUT2D eigenvalue weighted by molar-refractivity contribution is 7.13. The summed E-state index contributed by atoms with van der Waals surface area (Å²) < 4.78 is 3.96. The van der Waals surface area contributed by atoms with Crippen LogP contribution >= 0.6 is 11.3 Å². The Hall–Kier alpha value is -2.87. The highest BCUT2D eigenvalue weighted by atomic mass is 32.1. The lowest BCUT2D eigenvalue weighted by molar-refractivity contribution is 0.664. The molecule has 0 bridgehead atoms. The second-order valence-corrected chi connectivity index (χ2v) is 8.15. The molecule has 0 amide bonds. The minimum Gasteiger partial charge on any atom is -0.367 e. The van der Waals surface area contributed by atoms with Gasteiger partial charge in [-0.2, -0.15) is 5.10 Å². The van der Waals surface area contributed by atoms with Gasteiger partial charge >= 0.3 is 0 Å². The van der Waals surface area contributed by atoms with Crippen molar-refractivity contribution >= 4 is 33.7 Å². The predicted octanol–water partition coefficient (Wildman–Crippen LogP) is 3.49. The maximum absolute atomic E-state index is 4.81. The van der Waals surface area contributed by atoms with E-state index in [1.165, 1.54) is 29.7 Å². The number of nitrogens with zero attached hydrogens (tertiary/aromatic N) is 5. The summed E-state index contributed by atoms with van der Waals surface area (Å²) in [5.41, 5.74) is 5.78. The molecule has 0 fully saturated rings. The van der Waals surface area contributed by atoms with Crippen LogP contribution in [-0.4, -0.2) is 30.9 Å². The summed E-state index contributed by atoms with van der Waals surface area (Å²) in [6, 6.07) is 0. The van der Waals surface area contributed by atoms with Gasteiger partial charge in [0.25, 0.3) is 0 Å². The average molecular weight is 394 g/mol. The molecule has 2 N–H and O–H groups in total. The van der Waals surface area contributed by atoms with Crippen LogP contribution in [0.4, 0.5) is 10.9 Å². The molecule has 5 rings (SSSR count). The number of fused-ring (bicyclic) bond motifs is 1. The predicted molar refractivity (Wildman–Crippen MR) is 112 cm³/mol. The Morgan fingerprint density at radius 3 is 2.89 bits per heavy atom. The van der Waals surface area contributed by atoms with E-state index in [0.29, 0.717) is 0 Å². The van der Waals surface area contributed by atoms with Crippen LogP contribution < -0.4 is 10.6 Å². The SMILES string of the molecule is Cc1cn(C2=CC=C(c3csc(Nc4c5c(nn4C)CCCC5)n3)CN2)cn1. The summed E-state index contributed by atoms with van der Waals surface area (Å²) in [6.45, 7) is 2.73.